The summed E-state index contributed by atoms with van der Waals surface area (Å²) >= 11 is 7.21. The number of nitrogens with one attached hydrogen (secondary N) is 1. The topological polar surface area (TPSA) is 94.0 Å². The van der Waals surface area contributed by atoms with E-state index in [9.17, 15) is 13.2 Å². The van der Waals surface area contributed by atoms with Crippen LogP contribution in [-0.2, 0) is 21.7 Å². The van der Waals surface area contributed by atoms with Gasteiger partial charge in [-0.1, -0.05) is 42.4 Å². The van der Waals surface area contributed by atoms with Gasteiger partial charge < -0.3 is 9.88 Å². The lowest BCUT2D eigenvalue weighted by atomic mass is 10.0. The summed E-state index contributed by atoms with van der Waals surface area (Å²) in [6, 6.07) is 7.36. The molecule has 1 amide bonds. The minimum Gasteiger partial charge on any atom is -0.349 e. The molecule has 2 aromatic rings. The van der Waals surface area contributed by atoms with Gasteiger partial charge in [0.15, 0.2) is 15.0 Å². The molecule has 3 rings (SSSR count). The Morgan fingerprint density at radius 2 is 2.07 bits per heavy atom. The van der Waals surface area contributed by atoms with Gasteiger partial charge in [0.05, 0.1) is 23.3 Å². The van der Waals surface area contributed by atoms with Crippen molar-refractivity contribution in [3.8, 4) is 0 Å². The molecule has 0 spiro atoms. The number of amides is 1. The maximum absolute atomic E-state index is 12.4. The summed E-state index contributed by atoms with van der Waals surface area (Å²) in [7, 11) is -1.17. The van der Waals surface area contributed by atoms with Gasteiger partial charge in [0.2, 0.25) is 5.91 Å². The standard InChI is InChI=1S/C18H23ClN4O3S2/c1-3-15(12-4-6-14(19)7-5-12)20-16(24)10-27-18-22-21-17(23(18)2)13-8-9-28(25,26)11-13/h4-7,13,15H,3,8-11H2,1-2H3,(H,20,24). The highest BCUT2D eigenvalue weighted by atomic mass is 35.5. The van der Waals surface area contributed by atoms with Gasteiger partial charge >= 0.3 is 0 Å². The summed E-state index contributed by atoms with van der Waals surface area (Å²) in [4.78, 5) is 12.4. The van der Waals surface area contributed by atoms with E-state index in [2.05, 4.69) is 15.5 Å². The summed E-state index contributed by atoms with van der Waals surface area (Å²) in [5.41, 5.74) is 1.01. The molecule has 0 saturated carbocycles. The first kappa shape index (κ1) is 21.1. The van der Waals surface area contributed by atoms with E-state index in [1.54, 1.807) is 4.57 Å². The quantitative estimate of drug-likeness (QED) is 0.662. The van der Waals surface area contributed by atoms with E-state index in [0.717, 1.165) is 12.0 Å². The molecule has 1 aromatic carbocycles. The molecule has 1 aromatic heterocycles. The Hall–Kier alpha value is -1.58. The zero-order valence-electron chi connectivity index (χ0n) is 15.8. The number of hydrogen-bond acceptors (Lipinski definition) is 6. The Labute approximate surface area is 174 Å². The van der Waals surface area contributed by atoms with E-state index in [1.165, 1.54) is 11.8 Å². The number of aromatic nitrogens is 3. The van der Waals surface area contributed by atoms with Crippen LogP contribution in [0.15, 0.2) is 29.4 Å². The molecule has 2 atom stereocenters. The van der Waals surface area contributed by atoms with Crippen LogP contribution in [0, 0.1) is 0 Å². The van der Waals surface area contributed by atoms with Crippen molar-refractivity contribution < 1.29 is 13.2 Å². The fourth-order valence-electron chi connectivity index (χ4n) is 3.29. The first-order chi connectivity index (χ1) is 13.3. The van der Waals surface area contributed by atoms with E-state index < -0.39 is 9.84 Å². The van der Waals surface area contributed by atoms with Gasteiger partial charge in [-0.2, -0.15) is 0 Å². The summed E-state index contributed by atoms with van der Waals surface area (Å²) in [6.07, 6.45) is 1.33. The molecule has 152 valence electrons. The Balaban J connectivity index is 1.58. The van der Waals surface area contributed by atoms with Crippen molar-refractivity contribution >= 4 is 39.1 Å². The molecule has 0 radical (unpaired) electrons. The number of nitrogens with zero attached hydrogens (tertiary/aromatic N) is 3. The number of halogens is 1. The Morgan fingerprint density at radius 1 is 1.36 bits per heavy atom. The second kappa shape index (κ2) is 8.84. The summed E-state index contributed by atoms with van der Waals surface area (Å²) in [5.74, 6) is 0.956. The number of sulfone groups is 1. The second-order valence-corrected chi connectivity index (χ2v) is 10.5. The van der Waals surface area contributed by atoms with Crippen molar-refractivity contribution in [1.82, 2.24) is 20.1 Å². The van der Waals surface area contributed by atoms with Gasteiger partial charge in [0, 0.05) is 18.0 Å². The average Bonchev–Trinajstić information content (AvgIpc) is 3.20. The molecule has 28 heavy (non-hydrogen) atoms. The van der Waals surface area contributed by atoms with Gasteiger partial charge in [-0.05, 0) is 30.5 Å². The predicted octanol–water partition coefficient (Wildman–Crippen LogP) is 2.73. The van der Waals surface area contributed by atoms with Crippen LogP contribution in [-0.4, -0.2) is 46.3 Å². The Morgan fingerprint density at radius 3 is 2.68 bits per heavy atom. The lowest BCUT2D eigenvalue weighted by molar-refractivity contribution is -0.119. The van der Waals surface area contributed by atoms with Crippen LogP contribution < -0.4 is 5.32 Å². The molecular formula is C18H23ClN4O3S2. The van der Waals surface area contributed by atoms with Gasteiger partial charge in [-0.25, -0.2) is 8.42 Å². The maximum atomic E-state index is 12.4. The number of hydrogen-bond donors (Lipinski definition) is 1. The van der Waals surface area contributed by atoms with E-state index in [4.69, 9.17) is 11.6 Å². The first-order valence-electron chi connectivity index (χ1n) is 9.06. The first-order valence-corrected chi connectivity index (χ1v) is 12.2. The largest absolute Gasteiger partial charge is 0.349 e. The molecule has 0 bridgehead atoms. The van der Waals surface area contributed by atoms with Crippen LogP contribution in [0.1, 0.15) is 43.1 Å². The molecule has 10 heteroatoms. The van der Waals surface area contributed by atoms with Gasteiger partial charge in [0.1, 0.15) is 5.82 Å². The van der Waals surface area contributed by atoms with E-state index in [-0.39, 0.29) is 35.1 Å². The molecule has 1 aliphatic heterocycles. The lowest BCUT2D eigenvalue weighted by Gasteiger charge is -2.17. The van der Waals surface area contributed by atoms with Crippen molar-refractivity contribution in [2.45, 2.75) is 36.9 Å². The predicted molar refractivity (Wildman–Crippen MR) is 110 cm³/mol. The third-order valence-corrected chi connectivity index (χ3v) is 7.85. The molecular weight excluding hydrogens is 420 g/mol. The Bertz CT molecular complexity index is 944. The summed E-state index contributed by atoms with van der Waals surface area (Å²) in [6.45, 7) is 2.01. The number of rotatable bonds is 7. The van der Waals surface area contributed by atoms with Crippen molar-refractivity contribution in [3.63, 3.8) is 0 Å². The summed E-state index contributed by atoms with van der Waals surface area (Å²) < 4.78 is 25.2. The van der Waals surface area contributed by atoms with Crippen LogP contribution in [0.4, 0.5) is 0 Å². The molecule has 1 aliphatic rings. The fraction of sp³-hybridized carbons (Fsp3) is 0.500. The van der Waals surface area contributed by atoms with Crippen LogP contribution in [0.5, 0.6) is 0 Å². The summed E-state index contributed by atoms with van der Waals surface area (Å²) in [5, 5.41) is 12.6. The maximum Gasteiger partial charge on any atom is 0.230 e. The molecule has 1 N–H and O–H groups in total. The Kier molecular flexibility index (Phi) is 6.67. The lowest BCUT2D eigenvalue weighted by Crippen LogP contribution is -2.29. The third-order valence-electron chi connectivity index (χ3n) is 4.81. The number of thioether (sulfide) groups is 1. The zero-order chi connectivity index (χ0) is 20.3. The van der Waals surface area contributed by atoms with Crippen molar-refractivity contribution in [3.05, 3.63) is 40.7 Å². The third kappa shape index (κ3) is 5.07. The highest BCUT2D eigenvalue weighted by Gasteiger charge is 2.32. The molecule has 1 fully saturated rings. The normalized spacial score (nSPS) is 19.5. The molecule has 2 heterocycles. The number of carbonyl (C=O) groups is 1. The number of benzene rings is 1. The minimum absolute atomic E-state index is 0.0795. The SMILES string of the molecule is CCC(NC(=O)CSc1nnc(C2CCS(=O)(=O)C2)n1C)c1ccc(Cl)cc1. The van der Waals surface area contributed by atoms with E-state index in [0.29, 0.717) is 22.4 Å². The average molecular weight is 443 g/mol. The van der Waals surface area contributed by atoms with Gasteiger partial charge in [0.25, 0.3) is 0 Å². The van der Waals surface area contributed by atoms with Crippen LogP contribution in [0.25, 0.3) is 0 Å². The number of carbonyl (C=O) groups excluding carboxylic acids is 1. The van der Waals surface area contributed by atoms with Gasteiger partial charge in [-0.3, -0.25) is 4.79 Å². The molecule has 7 nitrogen and oxygen atoms in total. The zero-order valence-corrected chi connectivity index (χ0v) is 18.1. The van der Waals surface area contributed by atoms with Crippen LogP contribution in [0.2, 0.25) is 5.02 Å². The van der Waals surface area contributed by atoms with Crippen molar-refractivity contribution in [1.29, 1.82) is 0 Å². The molecule has 0 aliphatic carbocycles. The van der Waals surface area contributed by atoms with E-state index >= 15 is 0 Å². The minimum atomic E-state index is -2.98. The van der Waals surface area contributed by atoms with Gasteiger partial charge in [-0.15, -0.1) is 10.2 Å². The second-order valence-electron chi connectivity index (χ2n) is 6.87. The molecule has 2 unspecified atom stereocenters. The van der Waals surface area contributed by atoms with E-state index in [1.807, 2.05) is 38.2 Å². The monoisotopic (exact) mass is 442 g/mol. The highest BCUT2D eigenvalue weighted by molar-refractivity contribution is 7.99. The van der Waals surface area contributed by atoms with Crippen molar-refractivity contribution in [2.75, 3.05) is 17.3 Å². The molecule has 1 saturated heterocycles. The van der Waals surface area contributed by atoms with Crippen molar-refractivity contribution in [2.24, 2.45) is 7.05 Å². The van der Waals surface area contributed by atoms with Crippen LogP contribution >= 0.6 is 23.4 Å². The fourth-order valence-corrected chi connectivity index (χ4v) is 5.88. The highest BCUT2D eigenvalue weighted by Crippen LogP contribution is 2.29. The smallest absolute Gasteiger partial charge is 0.230 e. The van der Waals surface area contributed by atoms with Crippen LogP contribution in [0.3, 0.4) is 0 Å².